The average molecular weight is 966 g/mol. The van der Waals surface area contributed by atoms with Gasteiger partial charge in [0.15, 0.2) is 11.4 Å². The Morgan fingerprint density at radius 2 is 1.52 bits per heavy atom. The zero-order chi connectivity index (χ0) is 49.2. The molecule has 1 N–H and O–H groups in total. The fraction of sp³-hybridized carbons (Fsp3) is 0.600. The number of benzene rings is 1. The van der Waals surface area contributed by atoms with E-state index in [1.807, 2.05) is 16.1 Å². The summed E-state index contributed by atoms with van der Waals surface area (Å²) in [6, 6.07) is 12.0. The van der Waals surface area contributed by atoms with Crippen molar-refractivity contribution >= 4 is 57.8 Å². The van der Waals surface area contributed by atoms with Gasteiger partial charge in [0, 0.05) is 67.7 Å². The Labute approximate surface area is 417 Å². The number of hydrogen-bond donors (Lipinski definition) is 1. The maximum atomic E-state index is 15.5. The highest BCUT2D eigenvalue weighted by molar-refractivity contribution is 6.27. The van der Waals surface area contributed by atoms with Crippen molar-refractivity contribution in [2.24, 2.45) is 0 Å². The minimum Gasteiger partial charge on any atom is -0.366 e. The Morgan fingerprint density at radius 3 is 2.23 bits per heavy atom. The van der Waals surface area contributed by atoms with E-state index in [9.17, 15) is 9.59 Å². The molecule has 71 heavy (non-hydrogen) atoms. The zero-order valence-corrected chi connectivity index (χ0v) is 42.2. The molecule has 376 valence electrons. The summed E-state index contributed by atoms with van der Waals surface area (Å²) >= 11 is 0. The molecule has 5 saturated heterocycles. The average Bonchev–Trinajstić information content (AvgIpc) is 3.91. The molecule has 7 aliphatic rings. The SMILES string of the molecule is CC(C)Nc1nc(-c2ccc3c(c2)N(C2CC(N4CCCCC4)C2)C(=O)C32CCN(C(=O)C3CCCCN3C(=O)C3(N4CCCCC4)CCC(=O)N(c4cccnc4)C3=O)CC2)cc2ncn(C(C)C)c12. The van der Waals surface area contributed by atoms with E-state index in [1.165, 1.54) is 25.5 Å². The highest BCUT2D eigenvalue weighted by atomic mass is 16.2. The number of anilines is 3. The zero-order valence-electron chi connectivity index (χ0n) is 42.2. The number of rotatable bonds is 10. The van der Waals surface area contributed by atoms with Crippen LogP contribution < -0.4 is 15.1 Å². The molecule has 5 amide bonds. The summed E-state index contributed by atoms with van der Waals surface area (Å²) in [6.45, 7) is 13.0. The first-order valence-corrected chi connectivity index (χ1v) is 26.9. The molecule has 0 bridgehead atoms. The lowest BCUT2D eigenvalue weighted by molar-refractivity contribution is -0.164. The number of carbonyl (C=O) groups excluding carboxylic acids is 5. The molecule has 6 fully saturated rings. The number of fused-ring (bicyclic) bond motifs is 3. The van der Waals surface area contributed by atoms with Crippen molar-refractivity contribution in [3.05, 3.63) is 60.7 Å². The summed E-state index contributed by atoms with van der Waals surface area (Å²) in [5.41, 5.74) is 3.49. The van der Waals surface area contributed by atoms with Gasteiger partial charge in [0.25, 0.3) is 11.8 Å². The lowest BCUT2D eigenvalue weighted by atomic mass is 9.73. The van der Waals surface area contributed by atoms with Crippen LogP contribution in [0.5, 0.6) is 0 Å². The largest absolute Gasteiger partial charge is 0.366 e. The molecule has 1 spiro atoms. The number of likely N-dealkylation sites (tertiary alicyclic amines) is 4. The Balaban J connectivity index is 0.883. The Kier molecular flexibility index (Phi) is 12.7. The number of amides is 5. The van der Waals surface area contributed by atoms with E-state index in [2.05, 4.69) is 76.6 Å². The smallest absolute Gasteiger partial charge is 0.264 e. The predicted molar refractivity (Wildman–Crippen MR) is 273 cm³/mol. The maximum absolute atomic E-state index is 15.5. The molecule has 11 rings (SSSR count). The second-order valence-electron chi connectivity index (χ2n) is 22.1. The number of piperidine rings is 5. The molecule has 6 aliphatic heterocycles. The molecule has 3 aromatic heterocycles. The van der Waals surface area contributed by atoms with E-state index in [1.54, 1.807) is 23.2 Å². The van der Waals surface area contributed by atoms with E-state index < -0.39 is 22.9 Å². The third kappa shape index (κ3) is 8.11. The number of pyridine rings is 2. The van der Waals surface area contributed by atoms with Gasteiger partial charge in [-0.15, -0.1) is 0 Å². The lowest BCUT2D eigenvalue weighted by Gasteiger charge is -2.51. The minimum atomic E-state index is -1.60. The van der Waals surface area contributed by atoms with Crippen LogP contribution in [0.3, 0.4) is 0 Å². The van der Waals surface area contributed by atoms with Crippen LogP contribution >= 0.6 is 0 Å². The molecule has 2 unspecified atom stereocenters. The quantitative estimate of drug-likeness (QED) is 0.128. The van der Waals surface area contributed by atoms with Crippen LogP contribution in [0.15, 0.2) is 55.1 Å². The first-order valence-electron chi connectivity index (χ1n) is 26.9. The molecule has 16 nitrogen and oxygen atoms in total. The van der Waals surface area contributed by atoms with Crippen molar-refractivity contribution in [3.8, 4) is 11.3 Å². The second kappa shape index (κ2) is 19.0. The van der Waals surface area contributed by atoms with Gasteiger partial charge in [-0.3, -0.25) is 33.9 Å². The number of carbonyl (C=O) groups is 5. The van der Waals surface area contributed by atoms with Crippen molar-refractivity contribution < 1.29 is 24.0 Å². The topological polar surface area (TPSA) is 160 Å². The van der Waals surface area contributed by atoms with Crippen LogP contribution in [0.25, 0.3) is 22.3 Å². The molecule has 9 heterocycles. The molecule has 16 heteroatoms. The van der Waals surface area contributed by atoms with Crippen molar-refractivity contribution in [1.29, 1.82) is 0 Å². The van der Waals surface area contributed by atoms with E-state index >= 15 is 14.4 Å². The Morgan fingerprint density at radius 1 is 0.789 bits per heavy atom. The van der Waals surface area contributed by atoms with Gasteiger partial charge < -0.3 is 29.5 Å². The van der Waals surface area contributed by atoms with Gasteiger partial charge in [0.2, 0.25) is 17.7 Å². The maximum Gasteiger partial charge on any atom is 0.264 e. The summed E-state index contributed by atoms with van der Waals surface area (Å²) < 4.78 is 2.16. The summed E-state index contributed by atoms with van der Waals surface area (Å²) in [4.78, 5) is 100. The first-order chi connectivity index (χ1) is 34.4. The molecule has 2 atom stereocenters. The third-order valence-corrected chi connectivity index (χ3v) is 17.2. The molecule has 1 saturated carbocycles. The van der Waals surface area contributed by atoms with Crippen LogP contribution in [0.1, 0.15) is 136 Å². The molecule has 1 aromatic carbocycles. The van der Waals surface area contributed by atoms with E-state index in [-0.39, 0.29) is 54.6 Å². The number of nitrogens with one attached hydrogen (secondary N) is 1. The van der Waals surface area contributed by atoms with E-state index in [0.717, 1.165) is 102 Å². The van der Waals surface area contributed by atoms with Crippen LogP contribution in [-0.4, -0.2) is 144 Å². The summed E-state index contributed by atoms with van der Waals surface area (Å²) in [5, 5.41) is 3.59. The monoisotopic (exact) mass is 966 g/mol. The van der Waals surface area contributed by atoms with Gasteiger partial charge in [-0.2, -0.15) is 0 Å². The van der Waals surface area contributed by atoms with Gasteiger partial charge in [0.1, 0.15) is 11.6 Å². The fourth-order valence-corrected chi connectivity index (χ4v) is 13.4. The number of hydrogen-bond acceptors (Lipinski definition) is 11. The minimum absolute atomic E-state index is 0.0309. The van der Waals surface area contributed by atoms with Gasteiger partial charge in [-0.05, 0) is 161 Å². The van der Waals surface area contributed by atoms with Crippen LogP contribution in [-0.2, 0) is 29.4 Å². The van der Waals surface area contributed by atoms with Crippen molar-refractivity contribution in [3.63, 3.8) is 0 Å². The van der Waals surface area contributed by atoms with E-state index in [4.69, 9.17) is 9.97 Å². The number of imidazole rings is 1. The van der Waals surface area contributed by atoms with Crippen molar-refractivity contribution in [1.82, 2.24) is 39.1 Å². The van der Waals surface area contributed by atoms with Gasteiger partial charge in [0.05, 0.1) is 34.8 Å². The number of nitrogens with zero attached hydrogens (tertiary/aromatic N) is 10. The number of imide groups is 1. The predicted octanol–water partition coefficient (Wildman–Crippen LogP) is 7.08. The van der Waals surface area contributed by atoms with Gasteiger partial charge in [-0.25, -0.2) is 14.9 Å². The van der Waals surface area contributed by atoms with E-state index in [0.29, 0.717) is 63.7 Å². The standard InChI is InChI=1S/C55H71N11O5/c1-36(2)58-49-48-44(57-35-64(48)37(3)4)33-43(59-49)38-16-17-42-46(30-38)65(41-31-40(32-41)60-23-8-5-9-24-60)51(69)54(42)20-28-61(29-21-54)50(68)45-15-7-12-27-63(45)52(70)55(62-25-10-6-11-26-62)19-18-47(67)66(53(55)71)39-14-13-22-56-34-39/h13-14,16-17,22,30,33-37,40-41,45H,5-12,15,18-21,23-29,31-32H2,1-4H3,(H,58,59). The van der Waals surface area contributed by atoms with Gasteiger partial charge >= 0.3 is 0 Å². The van der Waals surface area contributed by atoms with Crippen LogP contribution in [0.4, 0.5) is 17.2 Å². The lowest BCUT2D eigenvalue weighted by Crippen LogP contribution is -2.73. The van der Waals surface area contributed by atoms with Crippen LogP contribution in [0.2, 0.25) is 0 Å². The van der Waals surface area contributed by atoms with Crippen molar-refractivity contribution in [2.75, 3.05) is 60.9 Å². The highest BCUT2D eigenvalue weighted by Crippen LogP contribution is 2.52. The number of aromatic nitrogens is 4. The summed E-state index contributed by atoms with van der Waals surface area (Å²) in [5.74, 6) is -0.483. The van der Waals surface area contributed by atoms with Crippen molar-refractivity contribution in [2.45, 2.75) is 165 Å². The summed E-state index contributed by atoms with van der Waals surface area (Å²) in [6.07, 6.45) is 16.3. The summed E-state index contributed by atoms with van der Waals surface area (Å²) in [7, 11) is 0. The fourth-order valence-electron chi connectivity index (χ4n) is 13.4. The second-order valence-corrected chi connectivity index (χ2v) is 22.1. The normalized spacial score (nSPS) is 26.5. The molecule has 0 radical (unpaired) electrons. The Bertz CT molecular complexity index is 2700. The molecular formula is C55H71N11O5. The molecular weight excluding hydrogens is 895 g/mol. The Hall–Kier alpha value is -5.74. The van der Waals surface area contributed by atoms with Gasteiger partial charge in [-0.1, -0.05) is 25.0 Å². The molecule has 4 aromatic rings. The molecule has 1 aliphatic carbocycles. The highest BCUT2D eigenvalue weighted by Gasteiger charge is 2.60. The third-order valence-electron chi connectivity index (χ3n) is 17.2. The van der Waals surface area contributed by atoms with Crippen LogP contribution in [0, 0.1) is 0 Å². The first kappa shape index (κ1) is 47.6.